The Morgan fingerprint density at radius 1 is 1.16 bits per heavy atom. The van der Waals surface area contributed by atoms with Gasteiger partial charge in [0.2, 0.25) is 15.9 Å². The summed E-state index contributed by atoms with van der Waals surface area (Å²) >= 11 is 5.63. The van der Waals surface area contributed by atoms with E-state index >= 15 is 0 Å². The van der Waals surface area contributed by atoms with E-state index in [1.54, 1.807) is 31.2 Å². The van der Waals surface area contributed by atoms with Crippen LogP contribution in [0.5, 0.6) is 5.75 Å². The third-order valence-corrected chi connectivity index (χ3v) is 6.13. The van der Waals surface area contributed by atoms with Crippen LogP contribution in [-0.2, 0) is 21.0 Å². The number of carbonyl (C=O) groups is 1. The molecule has 0 unspecified atom stereocenters. The van der Waals surface area contributed by atoms with Crippen LogP contribution in [0.2, 0.25) is 5.02 Å². The lowest BCUT2D eigenvalue weighted by Gasteiger charge is -2.30. The van der Waals surface area contributed by atoms with Crippen molar-refractivity contribution in [1.29, 1.82) is 0 Å². The van der Waals surface area contributed by atoms with Crippen LogP contribution in [0.15, 0.2) is 42.5 Å². The lowest BCUT2D eigenvalue weighted by molar-refractivity contribution is -0.137. The molecule has 2 aromatic rings. The number of rotatable bonds is 7. The quantitative estimate of drug-likeness (QED) is 0.640. The van der Waals surface area contributed by atoms with Crippen molar-refractivity contribution in [3.05, 3.63) is 58.6 Å². The molecule has 0 fully saturated rings. The highest BCUT2D eigenvalue weighted by atomic mass is 35.5. The average Bonchev–Trinajstić information content (AvgIpc) is 2.67. The zero-order valence-corrected chi connectivity index (χ0v) is 18.8. The normalized spacial score (nSPS) is 13.9. The second-order valence-electron chi connectivity index (χ2n) is 6.87. The molecule has 0 aliphatic heterocycles. The van der Waals surface area contributed by atoms with Crippen LogP contribution in [-0.4, -0.2) is 33.7 Å². The first-order chi connectivity index (χ1) is 14.3. The number of para-hydroxylation sites is 1. The largest absolute Gasteiger partial charge is 0.496 e. The van der Waals surface area contributed by atoms with Gasteiger partial charge in [-0.05, 0) is 38.1 Å². The molecule has 2 aromatic carbocycles. The molecule has 6 nitrogen and oxygen atoms in total. The number of methoxy groups -OCH3 is 1. The number of halogens is 4. The summed E-state index contributed by atoms with van der Waals surface area (Å²) in [6.07, 6.45) is -3.98. The Hall–Kier alpha value is -2.46. The SMILES string of the molecule is COc1ccccc1[C@@H](C)NC(=O)[C@H](C)N(c1ccc(Cl)c(C(F)(F)F)c1)S(C)(=O)=O. The molecular formula is C20H22ClF3N2O4S. The Morgan fingerprint density at radius 2 is 1.77 bits per heavy atom. The second-order valence-corrected chi connectivity index (χ2v) is 9.14. The maximum Gasteiger partial charge on any atom is 0.417 e. The molecule has 0 saturated heterocycles. The van der Waals surface area contributed by atoms with Gasteiger partial charge in [-0.25, -0.2) is 8.42 Å². The Morgan fingerprint density at radius 3 is 2.32 bits per heavy atom. The Balaban J connectivity index is 2.38. The first-order valence-corrected chi connectivity index (χ1v) is 11.3. The summed E-state index contributed by atoms with van der Waals surface area (Å²) < 4.78 is 70.4. The molecule has 0 radical (unpaired) electrons. The van der Waals surface area contributed by atoms with Crippen molar-refractivity contribution in [1.82, 2.24) is 5.32 Å². The molecule has 0 aliphatic carbocycles. The van der Waals surface area contributed by atoms with Gasteiger partial charge in [0, 0.05) is 5.56 Å². The van der Waals surface area contributed by atoms with E-state index in [0.717, 1.165) is 18.4 Å². The van der Waals surface area contributed by atoms with Gasteiger partial charge in [0.15, 0.2) is 0 Å². The highest BCUT2D eigenvalue weighted by Crippen LogP contribution is 2.38. The number of amides is 1. The second kappa shape index (κ2) is 9.35. The van der Waals surface area contributed by atoms with Gasteiger partial charge in [0.05, 0.1) is 35.7 Å². The minimum Gasteiger partial charge on any atom is -0.496 e. The number of benzene rings is 2. The number of ether oxygens (including phenoxy) is 1. The molecular weight excluding hydrogens is 457 g/mol. The summed E-state index contributed by atoms with van der Waals surface area (Å²) in [7, 11) is -2.64. The number of sulfonamides is 1. The first-order valence-electron chi connectivity index (χ1n) is 9.06. The van der Waals surface area contributed by atoms with Gasteiger partial charge in [0.25, 0.3) is 0 Å². The number of nitrogens with zero attached hydrogens (tertiary/aromatic N) is 1. The standard InChI is InChI=1S/C20H22ClF3N2O4S/c1-12(15-7-5-6-8-18(15)30-3)25-19(27)13(2)26(31(4,28)29)14-9-10-17(21)16(11-14)20(22,23)24/h5-13H,1-4H3,(H,25,27)/t12-,13+/m1/s1. The molecule has 0 bridgehead atoms. The van der Waals surface area contributed by atoms with Crippen LogP contribution in [0.3, 0.4) is 0 Å². The van der Waals surface area contributed by atoms with Crippen molar-refractivity contribution in [3.63, 3.8) is 0 Å². The molecule has 1 amide bonds. The van der Waals surface area contributed by atoms with Crippen molar-refractivity contribution >= 4 is 33.2 Å². The number of hydrogen-bond donors (Lipinski definition) is 1. The van der Waals surface area contributed by atoms with Crippen molar-refractivity contribution in [2.24, 2.45) is 0 Å². The number of hydrogen-bond acceptors (Lipinski definition) is 4. The molecule has 31 heavy (non-hydrogen) atoms. The van der Waals surface area contributed by atoms with E-state index in [1.165, 1.54) is 14.0 Å². The summed E-state index contributed by atoms with van der Waals surface area (Å²) in [6.45, 7) is 2.96. The predicted molar refractivity (Wildman–Crippen MR) is 113 cm³/mol. The van der Waals surface area contributed by atoms with Crippen LogP contribution >= 0.6 is 11.6 Å². The molecule has 170 valence electrons. The van der Waals surface area contributed by atoms with Gasteiger partial charge in [0.1, 0.15) is 11.8 Å². The molecule has 11 heteroatoms. The van der Waals surface area contributed by atoms with Crippen LogP contribution in [0.1, 0.15) is 31.0 Å². The monoisotopic (exact) mass is 478 g/mol. The summed E-state index contributed by atoms with van der Waals surface area (Å²) in [5.41, 5.74) is -0.871. The molecule has 2 atom stereocenters. The summed E-state index contributed by atoms with van der Waals surface area (Å²) in [5, 5.41) is 2.10. The van der Waals surface area contributed by atoms with E-state index in [9.17, 15) is 26.4 Å². The van der Waals surface area contributed by atoms with Gasteiger partial charge in [-0.1, -0.05) is 29.8 Å². The third kappa shape index (κ3) is 5.82. The van der Waals surface area contributed by atoms with Crippen LogP contribution in [0, 0.1) is 0 Å². The van der Waals surface area contributed by atoms with Crippen LogP contribution in [0.25, 0.3) is 0 Å². The highest BCUT2D eigenvalue weighted by molar-refractivity contribution is 7.92. The molecule has 0 spiro atoms. The van der Waals surface area contributed by atoms with Crippen molar-refractivity contribution < 1.29 is 31.1 Å². The average molecular weight is 479 g/mol. The maximum atomic E-state index is 13.2. The Labute approximate surface area is 184 Å². The maximum absolute atomic E-state index is 13.2. The fourth-order valence-electron chi connectivity index (χ4n) is 3.11. The molecule has 0 aliphatic rings. The topological polar surface area (TPSA) is 75.7 Å². The molecule has 0 aromatic heterocycles. The highest BCUT2D eigenvalue weighted by Gasteiger charge is 2.36. The lowest BCUT2D eigenvalue weighted by Crippen LogP contribution is -2.48. The zero-order chi connectivity index (χ0) is 23.6. The van der Waals surface area contributed by atoms with E-state index < -0.39 is 44.8 Å². The summed E-state index contributed by atoms with van der Waals surface area (Å²) in [6, 6.07) is 7.72. The van der Waals surface area contributed by atoms with E-state index in [1.807, 2.05) is 0 Å². The fraction of sp³-hybridized carbons (Fsp3) is 0.350. The van der Waals surface area contributed by atoms with E-state index in [0.29, 0.717) is 21.7 Å². The number of alkyl halides is 3. The Bertz CT molecular complexity index is 1060. The minimum atomic E-state index is -4.79. The van der Waals surface area contributed by atoms with Gasteiger partial charge < -0.3 is 10.1 Å². The minimum absolute atomic E-state index is 0.327. The Kier molecular flexibility index (Phi) is 7.48. The van der Waals surface area contributed by atoms with Crippen molar-refractivity contribution in [3.8, 4) is 5.75 Å². The van der Waals surface area contributed by atoms with Crippen molar-refractivity contribution in [2.75, 3.05) is 17.7 Å². The van der Waals surface area contributed by atoms with E-state index in [-0.39, 0.29) is 5.69 Å². The number of carbonyl (C=O) groups excluding carboxylic acids is 1. The van der Waals surface area contributed by atoms with Gasteiger partial charge in [-0.2, -0.15) is 13.2 Å². The molecule has 0 heterocycles. The number of anilines is 1. The van der Waals surface area contributed by atoms with E-state index in [4.69, 9.17) is 16.3 Å². The first kappa shape index (κ1) is 24.8. The van der Waals surface area contributed by atoms with Gasteiger partial charge >= 0.3 is 6.18 Å². The third-order valence-electron chi connectivity index (χ3n) is 4.56. The van der Waals surface area contributed by atoms with Crippen LogP contribution in [0.4, 0.5) is 18.9 Å². The summed E-state index contributed by atoms with van der Waals surface area (Å²) in [5.74, 6) is -0.178. The van der Waals surface area contributed by atoms with Crippen LogP contribution < -0.4 is 14.4 Å². The van der Waals surface area contributed by atoms with Gasteiger partial charge in [-0.3, -0.25) is 9.10 Å². The van der Waals surface area contributed by atoms with Gasteiger partial charge in [-0.15, -0.1) is 0 Å². The molecule has 0 saturated carbocycles. The summed E-state index contributed by atoms with van der Waals surface area (Å²) in [4.78, 5) is 12.8. The molecule has 1 N–H and O–H groups in total. The van der Waals surface area contributed by atoms with Crippen molar-refractivity contribution in [2.45, 2.75) is 32.1 Å². The number of nitrogens with one attached hydrogen (secondary N) is 1. The zero-order valence-electron chi connectivity index (χ0n) is 17.2. The van der Waals surface area contributed by atoms with E-state index in [2.05, 4.69) is 5.32 Å². The smallest absolute Gasteiger partial charge is 0.417 e. The fourth-order valence-corrected chi connectivity index (χ4v) is 4.50. The lowest BCUT2D eigenvalue weighted by atomic mass is 10.1. The molecule has 2 rings (SSSR count). The predicted octanol–water partition coefficient (Wildman–Crippen LogP) is 4.40.